The molecule has 1 aliphatic carbocycles. The fraction of sp³-hybridized carbons (Fsp3) is 0.417. The van der Waals surface area contributed by atoms with Crippen molar-refractivity contribution in [3.8, 4) is 0 Å². The predicted molar refractivity (Wildman–Crippen MR) is 55.7 cm³/mol. The molecule has 1 heteroatoms. The normalized spacial score (nSPS) is 14.3. The molecule has 1 aromatic heterocycles. The Hall–Kier alpha value is -1.11. The second-order valence-electron chi connectivity index (χ2n) is 3.56. The molecular weight excluding hydrogens is 158 g/mol. The summed E-state index contributed by atoms with van der Waals surface area (Å²) in [6.07, 6.45) is 7.77. The molecule has 0 saturated carbocycles. The van der Waals surface area contributed by atoms with Gasteiger partial charge in [-0.15, -0.1) is 0 Å². The number of rotatable bonds is 1. The van der Waals surface area contributed by atoms with Crippen LogP contribution < -0.4 is 0 Å². The smallest absolute Gasteiger partial charge is 0.0482 e. The van der Waals surface area contributed by atoms with E-state index in [4.69, 9.17) is 0 Å². The van der Waals surface area contributed by atoms with Crippen molar-refractivity contribution in [1.29, 1.82) is 0 Å². The number of aryl methyl sites for hydroxylation is 3. The van der Waals surface area contributed by atoms with Gasteiger partial charge >= 0.3 is 0 Å². The zero-order chi connectivity index (χ0) is 9.26. The predicted octanol–water partition coefficient (Wildman–Crippen LogP) is 2.91. The van der Waals surface area contributed by atoms with Crippen molar-refractivity contribution >= 4 is 6.08 Å². The van der Waals surface area contributed by atoms with Crippen LogP contribution in [0.25, 0.3) is 6.08 Å². The van der Waals surface area contributed by atoms with E-state index in [9.17, 15) is 0 Å². The Kier molecular flexibility index (Phi) is 2.17. The summed E-state index contributed by atoms with van der Waals surface area (Å²) in [6.45, 7) is 4.29. The summed E-state index contributed by atoms with van der Waals surface area (Å²) < 4.78 is 0. The van der Waals surface area contributed by atoms with Crippen molar-refractivity contribution in [1.82, 2.24) is 4.98 Å². The Bertz CT molecular complexity index is 350. The van der Waals surface area contributed by atoms with E-state index >= 15 is 0 Å². The van der Waals surface area contributed by atoms with Gasteiger partial charge in [-0.3, -0.25) is 4.98 Å². The molecule has 0 spiro atoms. The molecule has 0 radical (unpaired) electrons. The lowest BCUT2D eigenvalue weighted by Crippen LogP contribution is -2.02. The van der Waals surface area contributed by atoms with Gasteiger partial charge < -0.3 is 0 Å². The first-order valence-electron chi connectivity index (χ1n) is 4.97. The van der Waals surface area contributed by atoms with Crippen molar-refractivity contribution in [2.24, 2.45) is 0 Å². The number of hydrogen-bond acceptors (Lipinski definition) is 1. The summed E-state index contributed by atoms with van der Waals surface area (Å²) in [5, 5.41) is 0. The Morgan fingerprint density at radius 1 is 1.46 bits per heavy atom. The highest BCUT2D eigenvalue weighted by Crippen LogP contribution is 2.20. The first-order valence-corrected chi connectivity index (χ1v) is 4.97. The second kappa shape index (κ2) is 3.33. The molecule has 0 atom stereocenters. The van der Waals surface area contributed by atoms with Crippen LogP contribution in [0.3, 0.4) is 0 Å². The molecule has 0 aromatic carbocycles. The Labute approximate surface area is 79.5 Å². The summed E-state index contributed by atoms with van der Waals surface area (Å²) in [5.74, 6) is 0. The molecule has 0 N–H and O–H groups in total. The van der Waals surface area contributed by atoms with Crippen molar-refractivity contribution in [3.05, 3.63) is 34.7 Å². The minimum atomic E-state index is 1.08. The SMILES string of the molecule is CCc1cc2c(nc1C)CCC=C2. The van der Waals surface area contributed by atoms with E-state index in [1.807, 2.05) is 0 Å². The molecule has 0 fully saturated rings. The zero-order valence-corrected chi connectivity index (χ0v) is 8.30. The van der Waals surface area contributed by atoms with Gasteiger partial charge in [-0.25, -0.2) is 0 Å². The number of allylic oxidation sites excluding steroid dienone is 1. The lowest BCUT2D eigenvalue weighted by Gasteiger charge is -2.12. The fourth-order valence-electron chi connectivity index (χ4n) is 1.85. The molecule has 1 heterocycles. The van der Waals surface area contributed by atoms with Crippen LogP contribution in [0.2, 0.25) is 0 Å². The molecule has 0 aliphatic heterocycles. The molecular formula is C12H15N. The first kappa shape index (κ1) is 8.49. The monoisotopic (exact) mass is 173 g/mol. The summed E-state index contributed by atoms with van der Waals surface area (Å²) >= 11 is 0. The van der Waals surface area contributed by atoms with Crippen LogP contribution in [0.4, 0.5) is 0 Å². The highest BCUT2D eigenvalue weighted by Gasteiger charge is 2.08. The maximum absolute atomic E-state index is 4.63. The minimum Gasteiger partial charge on any atom is -0.257 e. The molecule has 1 nitrogen and oxygen atoms in total. The van der Waals surface area contributed by atoms with Crippen molar-refractivity contribution < 1.29 is 0 Å². The van der Waals surface area contributed by atoms with Crippen LogP contribution in [-0.2, 0) is 12.8 Å². The van der Waals surface area contributed by atoms with Gasteiger partial charge in [-0.1, -0.05) is 19.1 Å². The van der Waals surface area contributed by atoms with Crippen molar-refractivity contribution in [2.45, 2.75) is 33.1 Å². The fourth-order valence-corrected chi connectivity index (χ4v) is 1.85. The van der Waals surface area contributed by atoms with Gasteiger partial charge in [0.05, 0.1) is 0 Å². The van der Waals surface area contributed by atoms with Crippen LogP contribution >= 0.6 is 0 Å². The zero-order valence-electron chi connectivity index (χ0n) is 8.30. The van der Waals surface area contributed by atoms with E-state index in [1.54, 1.807) is 0 Å². The van der Waals surface area contributed by atoms with Gasteiger partial charge in [0.2, 0.25) is 0 Å². The molecule has 2 rings (SSSR count). The lowest BCUT2D eigenvalue weighted by atomic mass is 9.99. The van der Waals surface area contributed by atoms with Crippen molar-refractivity contribution in [3.63, 3.8) is 0 Å². The van der Waals surface area contributed by atoms with Gasteiger partial charge in [0, 0.05) is 11.4 Å². The first-order chi connectivity index (χ1) is 6.31. The van der Waals surface area contributed by atoms with Crippen LogP contribution in [0.5, 0.6) is 0 Å². The summed E-state index contributed by atoms with van der Waals surface area (Å²) in [4.78, 5) is 4.63. The molecule has 1 aromatic rings. The third-order valence-electron chi connectivity index (χ3n) is 2.66. The average Bonchev–Trinajstić information content (AvgIpc) is 2.17. The number of hydrogen-bond donors (Lipinski definition) is 0. The third-order valence-corrected chi connectivity index (χ3v) is 2.66. The van der Waals surface area contributed by atoms with Gasteiger partial charge in [0.1, 0.15) is 0 Å². The maximum Gasteiger partial charge on any atom is 0.0482 e. The third kappa shape index (κ3) is 1.51. The van der Waals surface area contributed by atoms with Crippen molar-refractivity contribution in [2.75, 3.05) is 0 Å². The van der Waals surface area contributed by atoms with Gasteiger partial charge in [-0.2, -0.15) is 0 Å². The number of fused-ring (bicyclic) bond motifs is 1. The van der Waals surface area contributed by atoms with E-state index in [2.05, 4.69) is 37.0 Å². The lowest BCUT2D eigenvalue weighted by molar-refractivity contribution is 0.897. The molecule has 0 bridgehead atoms. The molecule has 68 valence electrons. The minimum absolute atomic E-state index is 1.08. The van der Waals surface area contributed by atoms with E-state index in [0.717, 1.165) is 19.3 Å². The van der Waals surface area contributed by atoms with E-state index in [1.165, 1.54) is 22.5 Å². The van der Waals surface area contributed by atoms with Gasteiger partial charge in [0.25, 0.3) is 0 Å². The standard InChI is InChI=1S/C12H15N/c1-3-10-8-11-6-4-5-7-12(11)13-9(10)2/h4,6,8H,3,5,7H2,1-2H3. The molecule has 0 amide bonds. The number of aromatic nitrogens is 1. The largest absolute Gasteiger partial charge is 0.257 e. The Balaban J connectivity index is 2.52. The van der Waals surface area contributed by atoms with E-state index < -0.39 is 0 Å². The average molecular weight is 173 g/mol. The molecule has 0 unspecified atom stereocenters. The number of pyridine rings is 1. The molecule has 13 heavy (non-hydrogen) atoms. The van der Waals surface area contributed by atoms with Gasteiger partial charge in [-0.05, 0) is 43.4 Å². The summed E-state index contributed by atoms with van der Waals surface area (Å²) in [5.41, 5.74) is 5.19. The highest BCUT2D eigenvalue weighted by molar-refractivity contribution is 5.55. The van der Waals surface area contributed by atoms with Crippen LogP contribution in [0.15, 0.2) is 12.1 Å². The quantitative estimate of drug-likeness (QED) is 0.636. The van der Waals surface area contributed by atoms with Crippen LogP contribution in [0, 0.1) is 6.92 Å². The maximum atomic E-state index is 4.63. The summed E-state index contributed by atoms with van der Waals surface area (Å²) in [7, 11) is 0. The second-order valence-corrected chi connectivity index (χ2v) is 3.56. The van der Waals surface area contributed by atoms with Crippen LogP contribution in [-0.4, -0.2) is 4.98 Å². The Morgan fingerprint density at radius 2 is 2.31 bits per heavy atom. The highest BCUT2D eigenvalue weighted by atomic mass is 14.7. The van der Waals surface area contributed by atoms with Crippen LogP contribution in [0.1, 0.15) is 35.9 Å². The molecule has 1 aliphatic rings. The van der Waals surface area contributed by atoms with E-state index in [-0.39, 0.29) is 0 Å². The topological polar surface area (TPSA) is 12.9 Å². The summed E-state index contributed by atoms with van der Waals surface area (Å²) in [6, 6.07) is 2.29. The van der Waals surface area contributed by atoms with E-state index in [0.29, 0.717) is 0 Å². The number of nitrogens with zero attached hydrogens (tertiary/aromatic N) is 1. The van der Waals surface area contributed by atoms with Gasteiger partial charge in [0.15, 0.2) is 0 Å². The Morgan fingerprint density at radius 3 is 3.08 bits per heavy atom. The molecule has 0 saturated heterocycles.